The number of hydrogen-bond acceptors (Lipinski definition) is 4. The number of nitrogens with one attached hydrogen (secondary N) is 1. The summed E-state index contributed by atoms with van der Waals surface area (Å²) in [7, 11) is -3.68. The highest BCUT2D eigenvalue weighted by molar-refractivity contribution is 7.89. The van der Waals surface area contributed by atoms with Crippen molar-refractivity contribution in [2.75, 3.05) is 13.2 Å². The highest BCUT2D eigenvalue weighted by Gasteiger charge is 2.21. The van der Waals surface area contributed by atoms with Gasteiger partial charge in [0.15, 0.2) is 0 Å². The third-order valence-electron chi connectivity index (χ3n) is 3.39. The Morgan fingerprint density at radius 3 is 2.71 bits per heavy atom. The van der Waals surface area contributed by atoms with Gasteiger partial charge < -0.3 is 10.5 Å². The number of hydrogen-bond donors (Lipinski definition) is 2. The first kappa shape index (κ1) is 17.0. The number of sulfonamides is 1. The van der Waals surface area contributed by atoms with Gasteiger partial charge in [-0.1, -0.05) is 23.2 Å². The van der Waals surface area contributed by atoms with Crippen LogP contribution in [0.15, 0.2) is 17.0 Å². The second-order valence-corrected chi connectivity index (χ2v) is 7.45. The van der Waals surface area contributed by atoms with Gasteiger partial charge in [0.2, 0.25) is 10.0 Å². The molecular weight excluding hydrogens is 335 g/mol. The fraction of sp³-hybridized carbons (Fsp3) is 0.538. The summed E-state index contributed by atoms with van der Waals surface area (Å²) in [6.07, 6.45) is 2.78. The maximum Gasteiger partial charge on any atom is 0.242 e. The smallest absolute Gasteiger partial charge is 0.242 e. The van der Waals surface area contributed by atoms with E-state index in [-0.39, 0.29) is 22.6 Å². The van der Waals surface area contributed by atoms with Crippen molar-refractivity contribution in [3.63, 3.8) is 0 Å². The maximum atomic E-state index is 12.3. The zero-order valence-corrected chi connectivity index (χ0v) is 13.8. The van der Waals surface area contributed by atoms with Crippen LogP contribution in [0.1, 0.15) is 24.8 Å². The molecule has 1 aromatic carbocycles. The zero-order valence-electron chi connectivity index (χ0n) is 11.4. The molecule has 1 saturated heterocycles. The first-order valence-electron chi connectivity index (χ1n) is 6.73. The van der Waals surface area contributed by atoms with Gasteiger partial charge >= 0.3 is 0 Å². The van der Waals surface area contributed by atoms with Crippen LogP contribution in [0.2, 0.25) is 10.0 Å². The second-order valence-electron chi connectivity index (χ2n) is 4.90. The molecule has 0 saturated carbocycles. The number of benzene rings is 1. The van der Waals surface area contributed by atoms with E-state index in [2.05, 4.69) is 4.72 Å². The van der Waals surface area contributed by atoms with Crippen molar-refractivity contribution in [3.8, 4) is 0 Å². The summed E-state index contributed by atoms with van der Waals surface area (Å²) in [5.41, 5.74) is 6.08. The molecule has 21 heavy (non-hydrogen) atoms. The minimum absolute atomic E-state index is 0.00126. The first-order chi connectivity index (χ1) is 9.94. The van der Waals surface area contributed by atoms with Crippen LogP contribution in [0.25, 0.3) is 0 Å². The molecule has 1 aliphatic rings. The molecule has 0 bridgehead atoms. The van der Waals surface area contributed by atoms with Crippen LogP contribution in [-0.4, -0.2) is 27.7 Å². The van der Waals surface area contributed by atoms with Crippen molar-refractivity contribution in [2.45, 2.75) is 36.8 Å². The predicted molar refractivity (Wildman–Crippen MR) is 83.1 cm³/mol. The molecule has 1 atom stereocenters. The lowest BCUT2D eigenvalue weighted by molar-refractivity contribution is 0.105. The van der Waals surface area contributed by atoms with E-state index in [1.807, 2.05) is 0 Å². The highest BCUT2D eigenvalue weighted by Crippen LogP contribution is 2.28. The molecule has 1 aromatic rings. The second kappa shape index (κ2) is 7.26. The summed E-state index contributed by atoms with van der Waals surface area (Å²) in [5, 5.41) is 0.447. The Bertz CT molecular complexity index is 602. The summed E-state index contributed by atoms with van der Waals surface area (Å²) in [4.78, 5) is 0.00126. The van der Waals surface area contributed by atoms with Gasteiger partial charge in [0, 0.05) is 24.7 Å². The Labute approximate surface area is 134 Å². The molecule has 0 spiro atoms. The van der Waals surface area contributed by atoms with Crippen molar-refractivity contribution in [1.82, 2.24) is 4.72 Å². The largest absolute Gasteiger partial charge is 0.378 e. The Morgan fingerprint density at radius 1 is 1.33 bits per heavy atom. The van der Waals surface area contributed by atoms with Crippen LogP contribution in [0.4, 0.5) is 0 Å². The molecular formula is C13H18Cl2N2O3S. The van der Waals surface area contributed by atoms with Gasteiger partial charge in [0.25, 0.3) is 0 Å². The van der Waals surface area contributed by atoms with Gasteiger partial charge in [0.1, 0.15) is 4.90 Å². The summed E-state index contributed by atoms with van der Waals surface area (Å²) in [6.45, 7) is 1.21. The van der Waals surface area contributed by atoms with Crippen LogP contribution in [0, 0.1) is 0 Å². The minimum Gasteiger partial charge on any atom is -0.378 e. The standard InChI is InChI=1S/C13H18Cl2N2O3S/c14-11-7-12(15)13(6-9(11)8-16)21(18,19)17-4-3-10-2-1-5-20-10/h6-7,10,17H,1-5,8,16H2. The van der Waals surface area contributed by atoms with Crippen molar-refractivity contribution in [2.24, 2.45) is 5.73 Å². The van der Waals surface area contributed by atoms with Gasteiger partial charge in [-0.25, -0.2) is 13.1 Å². The third kappa shape index (κ3) is 4.31. The molecule has 0 aliphatic carbocycles. The normalized spacial score (nSPS) is 19.1. The van der Waals surface area contributed by atoms with E-state index in [4.69, 9.17) is 33.7 Å². The SMILES string of the molecule is NCc1cc(S(=O)(=O)NCCC2CCCO2)c(Cl)cc1Cl. The van der Waals surface area contributed by atoms with Crippen LogP contribution >= 0.6 is 23.2 Å². The van der Waals surface area contributed by atoms with E-state index in [0.29, 0.717) is 23.6 Å². The molecule has 1 unspecified atom stereocenters. The summed E-state index contributed by atoms with van der Waals surface area (Å²) < 4.78 is 32.6. The molecule has 1 heterocycles. The van der Waals surface area contributed by atoms with Crippen LogP contribution in [0.5, 0.6) is 0 Å². The van der Waals surface area contributed by atoms with Gasteiger partial charge in [-0.2, -0.15) is 0 Å². The molecule has 0 aromatic heterocycles. The summed E-state index contributed by atoms with van der Waals surface area (Å²) in [6, 6.07) is 2.82. The van der Waals surface area contributed by atoms with E-state index >= 15 is 0 Å². The quantitative estimate of drug-likeness (QED) is 0.822. The van der Waals surface area contributed by atoms with Gasteiger partial charge in [-0.3, -0.25) is 0 Å². The Hall–Kier alpha value is -0.370. The average molecular weight is 353 g/mol. The van der Waals surface area contributed by atoms with Crippen molar-refractivity contribution < 1.29 is 13.2 Å². The molecule has 0 radical (unpaired) electrons. The summed E-state index contributed by atoms with van der Waals surface area (Å²) in [5.74, 6) is 0. The van der Waals surface area contributed by atoms with Gasteiger partial charge in [-0.15, -0.1) is 0 Å². The number of ether oxygens (including phenoxy) is 1. The van der Waals surface area contributed by atoms with E-state index in [0.717, 1.165) is 19.4 Å². The first-order valence-corrected chi connectivity index (χ1v) is 8.97. The van der Waals surface area contributed by atoms with E-state index in [1.165, 1.54) is 12.1 Å². The topological polar surface area (TPSA) is 81.4 Å². The highest BCUT2D eigenvalue weighted by atomic mass is 35.5. The van der Waals surface area contributed by atoms with Crippen molar-refractivity contribution >= 4 is 33.2 Å². The molecule has 118 valence electrons. The lowest BCUT2D eigenvalue weighted by atomic mass is 10.2. The molecule has 1 aliphatic heterocycles. The number of halogens is 2. The van der Waals surface area contributed by atoms with Gasteiger partial charge in [0.05, 0.1) is 11.1 Å². The Morgan fingerprint density at radius 2 is 2.10 bits per heavy atom. The number of nitrogens with two attached hydrogens (primary N) is 1. The van der Waals surface area contributed by atoms with E-state index in [1.54, 1.807) is 0 Å². The van der Waals surface area contributed by atoms with E-state index in [9.17, 15) is 8.42 Å². The Kier molecular flexibility index (Phi) is 5.88. The monoisotopic (exact) mass is 352 g/mol. The molecule has 1 fully saturated rings. The molecule has 8 heteroatoms. The van der Waals surface area contributed by atoms with Crippen molar-refractivity contribution in [1.29, 1.82) is 0 Å². The van der Waals surface area contributed by atoms with Crippen LogP contribution in [-0.2, 0) is 21.3 Å². The lowest BCUT2D eigenvalue weighted by Gasteiger charge is -2.13. The fourth-order valence-electron chi connectivity index (χ4n) is 2.24. The average Bonchev–Trinajstić information content (AvgIpc) is 2.91. The van der Waals surface area contributed by atoms with Crippen LogP contribution < -0.4 is 10.5 Å². The summed E-state index contributed by atoms with van der Waals surface area (Å²) >= 11 is 11.9. The van der Waals surface area contributed by atoms with Gasteiger partial charge in [-0.05, 0) is 37.0 Å². The molecule has 2 rings (SSSR count). The number of rotatable bonds is 6. The zero-order chi connectivity index (χ0) is 15.5. The Balaban J connectivity index is 2.07. The molecule has 5 nitrogen and oxygen atoms in total. The van der Waals surface area contributed by atoms with Crippen molar-refractivity contribution in [3.05, 3.63) is 27.7 Å². The van der Waals surface area contributed by atoms with E-state index < -0.39 is 10.0 Å². The molecule has 3 N–H and O–H groups in total. The predicted octanol–water partition coefficient (Wildman–Crippen LogP) is 2.30. The van der Waals surface area contributed by atoms with Crippen LogP contribution in [0.3, 0.4) is 0 Å². The third-order valence-corrected chi connectivity index (χ3v) is 5.67. The minimum atomic E-state index is -3.68. The lowest BCUT2D eigenvalue weighted by Crippen LogP contribution is -2.27. The fourth-order valence-corrected chi connectivity index (χ4v) is 4.16. The maximum absolute atomic E-state index is 12.3. The molecule has 0 amide bonds.